The summed E-state index contributed by atoms with van der Waals surface area (Å²) in [6.45, 7) is 3.48. The highest BCUT2D eigenvalue weighted by molar-refractivity contribution is 5.77. The number of hydrogen-bond acceptors (Lipinski definition) is 4. The molecule has 2 heterocycles. The topological polar surface area (TPSA) is 69.3 Å². The fourth-order valence-corrected chi connectivity index (χ4v) is 2.92. The van der Waals surface area contributed by atoms with E-state index in [0.717, 1.165) is 43.6 Å². The lowest BCUT2D eigenvalue weighted by Gasteiger charge is -2.20. The van der Waals surface area contributed by atoms with Gasteiger partial charge in [-0.1, -0.05) is 12.1 Å². The molecule has 0 atom stereocenters. The van der Waals surface area contributed by atoms with Gasteiger partial charge in [0.05, 0.1) is 11.0 Å². The molecular formula is C17H22N4O2. The smallest absolute Gasteiger partial charge is 0.270 e. The monoisotopic (exact) mass is 314 g/mol. The van der Waals surface area contributed by atoms with E-state index in [4.69, 9.17) is 0 Å². The quantitative estimate of drug-likeness (QED) is 0.918. The van der Waals surface area contributed by atoms with Gasteiger partial charge in [0, 0.05) is 32.5 Å². The predicted molar refractivity (Wildman–Crippen MR) is 89.4 cm³/mol. The molecule has 1 aliphatic heterocycles. The van der Waals surface area contributed by atoms with Crippen molar-refractivity contribution >= 4 is 16.9 Å². The van der Waals surface area contributed by atoms with Gasteiger partial charge in [-0.05, 0) is 32.1 Å². The molecule has 23 heavy (non-hydrogen) atoms. The molecule has 3 rings (SSSR count). The molecule has 1 fully saturated rings. The molecule has 0 aliphatic carbocycles. The summed E-state index contributed by atoms with van der Waals surface area (Å²) in [6.07, 6.45) is 1.71. The lowest BCUT2D eigenvalue weighted by molar-refractivity contribution is -0.131. The number of aromatic nitrogens is 2. The summed E-state index contributed by atoms with van der Waals surface area (Å²) in [6, 6.07) is 7.43. The van der Waals surface area contributed by atoms with Crippen molar-refractivity contribution in [1.82, 2.24) is 19.8 Å². The number of nitrogens with one attached hydrogen (secondary N) is 1. The van der Waals surface area contributed by atoms with E-state index in [1.165, 1.54) is 0 Å². The second-order valence-corrected chi connectivity index (χ2v) is 6.07. The number of likely N-dealkylation sites (N-methyl/N-ethyl adjacent to an activating group) is 1. The average Bonchev–Trinajstić information content (AvgIpc) is 2.77. The Balaban J connectivity index is 1.67. The number of benzene rings is 1. The highest BCUT2D eigenvalue weighted by atomic mass is 16.2. The minimum atomic E-state index is -0.202. The number of nitrogens with zero attached hydrogens (tertiary/aromatic N) is 3. The van der Waals surface area contributed by atoms with Crippen LogP contribution < -0.4 is 5.56 Å². The lowest BCUT2D eigenvalue weighted by Crippen LogP contribution is -2.35. The maximum atomic E-state index is 12.4. The third-order valence-electron chi connectivity index (χ3n) is 4.32. The molecule has 2 aromatic rings. The van der Waals surface area contributed by atoms with E-state index in [1.807, 2.05) is 29.2 Å². The molecule has 1 saturated heterocycles. The number of rotatable bonds is 3. The molecular weight excluding hydrogens is 292 g/mol. The minimum Gasteiger partial charge on any atom is -0.341 e. The highest BCUT2D eigenvalue weighted by Gasteiger charge is 2.18. The van der Waals surface area contributed by atoms with E-state index >= 15 is 0 Å². The first-order valence-electron chi connectivity index (χ1n) is 8.08. The molecule has 0 spiro atoms. The summed E-state index contributed by atoms with van der Waals surface area (Å²) < 4.78 is 0. The molecule has 1 aliphatic rings. The Hall–Kier alpha value is -2.21. The highest BCUT2D eigenvalue weighted by Crippen LogP contribution is 2.08. The summed E-state index contributed by atoms with van der Waals surface area (Å²) in [5.74, 6) is 0.106. The van der Waals surface area contributed by atoms with E-state index < -0.39 is 0 Å². The van der Waals surface area contributed by atoms with Crippen molar-refractivity contribution in [3.05, 3.63) is 40.3 Å². The van der Waals surface area contributed by atoms with Crippen LogP contribution in [0.1, 0.15) is 18.5 Å². The van der Waals surface area contributed by atoms with Crippen LogP contribution in [0.3, 0.4) is 0 Å². The van der Waals surface area contributed by atoms with Crippen molar-refractivity contribution in [3.63, 3.8) is 0 Å². The fraction of sp³-hybridized carbons (Fsp3) is 0.471. The van der Waals surface area contributed by atoms with Crippen LogP contribution in [-0.2, 0) is 11.2 Å². The zero-order chi connectivity index (χ0) is 16.2. The Labute approximate surface area is 135 Å². The van der Waals surface area contributed by atoms with Crippen molar-refractivity contribution in [2.24, 2.45) is 0 Å². The maximum absolute atomic E-state index is 12.4. The van der Waals surface area contributed by atoms with Crippen LogP contribution in [0.25, 0.3) is 11.0 Å². The third-order valence-corrected chi connectivity index (χ3v) is 4.32. The first-order chi connectivity index (χ1) is 11.1. The summed E-state index contributed by atoms with van der Waals surface area (Å²) in [5, 5.41) is 0. The Bertz CT molecular complexity index is 756. The molecule has 0 radical (unpaired) electrons. The van der Waals surface area contributed by atoms with Gasteiger partial charge in [0.15, 0.2) is 0 Å². The third kappa shape index (κ3) is 3.76. The molecule has 122 valence electrons. The minimum absolute atomic E-state index is 0.106. The Morgan fingerprint density at radius 2 is 2.04 bits per heavy atom. The fourth-order valence-electron chi connectivity index (χ4n) is 2.92. The molecule has 0 saturated carbocycles. The van der Waals surface area contributed by atoms with Gasteiger partial charge in [0.1, 0.15) is 5.69 Å². The standard InChI is InChI=1S/C17H22N4O2/c1-20-9-4-10-21(12-11-20)16(22)8-7-15-17(23)19-14-6-3-2-5-13(14)18-15/h2-3,5-6H,4,7-12H2,1H3,(H,19,23). The molecule has 1 aromatic carbocycles. The van der Waals surface area contributed by atoms with E-state index in [2.05, 4.69) is 21.9 Å². The van der Waals surface area contributed by atoms with Crippen molar-refractivity contribution in [2.75, 3.05) is 33.2 Å². The van der Waals surface area contributed by atoms with Gasteiger partial charge in [-0.15, -0.1) is 0 Å². The van der Waals surface area contributed by atoms with Gasteiger partial charge in [0.2, 0.25) is 5.91 Å². The molecule has 1 N–H and O–H groups in total. The van der Waals surface area contributed by atoms with Gasteiger partial charge < -0.3 is 14.8 Å². The number of aryl methyl sites for hydroxylation is 1. The summed E-state index contributed by atoms with van der Waals surface area (Å²) in [5.41, 5.74) is 1.71. The van der Waals surface area contributed by atoms with Crippen LogP contribution in [0.2, 0.25) is 0 Å². The maximum Gasteiger partial charge on any atom is 0.270 e. The first-order valence-corrected chi connectivity index (χ1v) is 8.08. The Morgan fingerprint density at radius 1 is 1.22 bits per heavy atom. The van der Waals surface area contributed by atoms with Gasteiger partial charge in [0.25, 0.3) is 5.56 Å². The van der Waals surface area contributed by atoms with E-state index in [0.29, 0.717) is 18.5 Å². The van der Waals surface area contributed by atoms with Crippen LogP contribution >= 0.6 is 0 Å². The lowest BCUT2D eigenvalue weighted by atomic mass is 10.2. The molecule has 0 bridgehead atoms. The zero-order valence-corrected chi connectivity index (χ0v) is 13.4. The van der Waals surface area contributed by atoms with Gasteiger partial charge in [-0.3, -0.25) is 9.59 Å². The largest absolute Gasteiger partial charge is 0.341 e. The van der Waals surface area contributed by atoms with Crippen molar-refractivity contribution in [3.8, 4) is 0 Å². The molecule has 0 unspecified atom stereocenters. The van der Waals surface area contributed by atoms with Crippen LogP contribution in [0.15, 0.2) is 29.1 Å². The van der Waals surface area contributed by atoms with Crippen molar-refractivity contribution < 1.29 is 4.79 Å². The first kappa shape index (κ1) is 15.7. The molecule has 1 aromatic heterocycles. The number of carbonyl (C=O) groups excluding carboxylic acids is 1. The number of H-pyrrole nitrogens is 1. The molecule has 6 nitrogen and oxygen atoms in total. The Morgan fingerprint density at radius 3 is 2.91 bits per heavy atom. The van der Waals surface area contributed by atoms with Crippen molar-refractivity contribution in [1.29, 1.82) is 0 Å². The summed E-state index contributed by atoms with van der Waals surface area (Å²) in [4.78, 5) is 35.8. The molecule has 6 heteroatoms. The SMILES string of the molecule is CN1CCCN(C(=O)CCc2nc3ccccc3[nH]c2=O)CC1. The van der Waals surface area contributed by atoms with E-state index in [1.54, 1.807) is 0 Å². The second kappa shape index (κ2) is 6.91. The summed E-state index contributed by atoms with van der Waals surface area (Å²) in [7, 11) is 2.08. The van der Waals surface area contributed by atoms with Crippen LogP contribution in [-0.4, -0.2) is 58.9 Å². The van der Waals surface area contributed by atoms with Gasteiger partial charge in [-0.2, -0.15) is 0 Å². The van der Waals surface area contributed by atoms with Gasteiger partial charge in [-0.25, -0.2) is 4.98 Å². The van der Waals surface area contributed by atoms with Crippen LogP contribution in [0, 0.1) is 0 Å². The predicted octanol–water partition coefficient (Wildman–Crippen LogP) is 1.02. The van der Waals surface area contributed by atoms with Gasteiger partial charge >= 0.3 is 0 Å². The number of aromatic amines is 1. The van der Waals surface area contributed by atoms with E-state index in [9.17, 15) is 9.59 Å². The number of amides is 1. The molecule has 1 amide bonds. The number of carbonyl (C=O) groups is 1. The average molecular weight is 314 g/mol. The van der Waals surface area contributed by atoms with Crippen LogP contribution in [0.5, 0.6) is 0 Å². The number of fused-ring (bicyclic) bond motifs is 1. The normalized spacial score (nSPS) is 16.5. The number of para-hydroxylation sites is 2. The Kier molecular flexibility index (Phi) is 4.71. The van der Waals surface area contributed by atoms with Crippen molar-refractivity contribution in [2.45, 2.75) is 19.3 Å². The number of hydrogen-bond donors (Lipinski definition) is 1. The zero-order valence-electron chi connectivity index (χ0n) is 13.4. The summed E-state index contributed by atoms with van der Waals surface area (Å²) >= 11 is 0. The van der Waals surface area contributed by atoms with E-state index in [-0.39, 0.29) is 11.5 Å². The van der Waals surface area contributed by atoms with Crippen LogP contribution in [0.4, 0.5) is 0 Å². The second-order valence-electron chi connectivity index (χ2n) is 6.07.